The molecule has 1 aliphatic heterocycles. The Balaban J connectivity index is 1.46. The van der Waals surface area contributed by atoms with E-state index in [2.05, 4.69) is 15.2 Å². The molecule has 3 aliphatic rings. The van der Waals surface area contributed by atoms with E-state index in [1.54, 1.807) is 0 Å². The van der Waals surface area contributed by atoms with Gasteiger partial charge in [-0.1, -0.05) is 12.8 Å². The molecule has 3 N–H and O–H groups in total. The van der Waals surface area contributed by atoms with Crippen LogP contribution in [0, 0.1) is 0 Å². The fourth-order valence-corrected chi connectivity index (χ4v) is 3.15. The molecule has 4 heteroatoms. The SMILES string of the molecule is NC(=NC1CCCC1)NC1CCN(C2CC2)C1. The Morgan fingerprint density at radius 1 is 1.12 bits per heavy atom. The molecular formula is C13H24N4. The van der Waals surface area contributed by atoms with Gasteiger partial charge in [-0.3, -0.25) is 9.89 Å². The molecule has 0 amide bonds. The Hall–Kier alpha value is -0.770. The zero-order valence-electron chi connectivity index (χ0n) is 10.6. The monoisotopic (exact) mass is 236 g/mol. The van der Waals surface area contributed by atoms with Crippen molar-refractivity contribution >= 4 is 5.96 Å². The summed E-state index contributed by atoms with van der Waals surface area (Å²) >= 11 is 0. The summed E-state index contributed by atoms with van der Waals surface area (Å²) in [6, 6.07) is 1.90. The van der Waals surface area contributed by atoms with Crippen LogP contribution in [0.1, 0.15) is 44.9 Å². The fourth-order valence-electron chi connectivity index (χ4n) is 3.15. The number of rotatable bonds is 3. The zero-order chi connectivity index (χ0) is 11.7. The first kappa shape index (κ1) is 11.3. The summed E-state index contributed by atoms with van der Waals surface area (Å²) in [6.45, 7) is 2.39. The van der Waals surface area contributed by atoms with Gasteiger partial charge in [0, 0.05) is 25.2 Å². The fraction of sp³-hybridized carbons (Fsp3) is 0.923. The first-order chi connectivity index (χ1) is 8.31. The molecule has 4 nitrogen and oxygen atoms in total. The van der Waals surface area contributed by atoms with Gasteiger partial charge in [0.15, 0.2) is 5.96 Å². The third kappa shape index (κ3) is 2.92. The van der Waals surface area contributed by atoms with E-state index in [4.69, 9.17) is 5.73 Å². The second-order valence-electron chi connectivity index (χ2n) is 5.81. The standard InChI is InChI=1S/C13H24N4/c14-13(15-10-3-1-2-4-10)16-11-7-8-17(9-11)12-5-6-12/h10-12H,1-9H2,(H3,14,15,16). The van der Waals surface area contributed by atoms with Crippen LogP contribution < -0.4 is 11.1 Å². The maximum atomic E-state index is 5.99. The van der Waals surface area contributed by atoms with E-state index >= 15 is 0 Å². The van der Waals surface area contributed by atoms with Crippen LogP contribution >= 0.6 is 0 Å². The lowest BCUT2D eigenvalue weighted by Crippen LogP contribution is -2.42. The number of likely N-dealkylation sites (tertiary alicyclic amines) is 1. The number of nitrogens with zero attached hydrogens (tertiary/aromatic N) is 2. The molecule has 2 saturated carbocycles. The molecule has 0 bridgehead atoms. The van der Waals surface area contributed by atoms with Crippen LogP contribution in [-0.4, -0.2) is 42.1 Å². The van der Waals surface area contributed by atoms with E-state index in [1.165, 1.54) is 51.5 Å². The molecule has 2 aliphatic carbocycles. The highest BCUT2D eigenvalue weighted by Crippen LogP contribution is 2.29. The molecule has 3 rings (SSSR count). The largest absolute Gasteiger partial charge is 0.370 e. The van der Waals surface area contributed by atoms with Crippen LogP contribution in [-0.2, 0) is 0 Å². The van der Waals surface area contributed by atoms with Crippen molar-refractivity contribution in [2.45, 2.75) is 63.1 Å². The van der Waals surface area contributed by atoms with Crippen LogP contribution in [0.25, 0.3) is 0 Å². The number of nitrogens with two attached hydrogens (primary N) is 1. The van der Waals surface area contributed by atoms with Gasteiger partial charge in [0.05, 0.1) is 6.04 Å². The molecule has 0 radical (unpaired) electrons. The smallest absolute Gasteiger partial charge is 0.189 e. The van der Waals surface area contributed by atoms with Crippen LogP contribution in [0.2, 0.25) is 0 Å². The Bertz CT molecular complexity index is 292. The summed E-state index contributed by atoms with van der Waals surface area (Å²) in [5.74, 6) is 0.680. The number of hydrogen-bond acceptors (Lipinski definition) is 2. The normalized spacial score (nSPS) is 32.2. The molecule has 0 spiro atoms. The average molecular weight is 236 g/mol. The van der Waals surface area contributed by atoms with E-state index in [0.717, 1.165) is 12.6 Å². The third-order valence-corrected chi connectivity index (χ3v) is 4.28. The van der Waals surface area contributed by atoms with Crippen molar-refractivity contribution < 1.29 is 0 Å². The molecular weight excluding hydrogens is 212 g/mol. The van der Waals surface area contributed by atoms with Crippen LogP contribution in [0.5, 0.6) is 0 Å². The van der Waals surface area contributed by atoms with Crippen molar-refractivity contribution in [3.63, 3.8) is 0 Å². The molecule has 0 aromatic heterocycles. The van der Waals surface area contributed by atoms with Crippen LogP contribution in [0.15, 0.2) is 4.99 Å². The van der Waals surface area contributed by atoms with Gasteiger partial charge in [-0.15, -0.1) is 0 Å². The minimum atomic E-state index is 0.489. The second-order valence-corrected chi connectivity index (χ2v) is 5.81. The Labute approximate surface area is 104 Å². The van der Waals surface area contributed by atoms with E-state index in [1.807, 2.05) is 0 Å². The second kappa shape index (κ2) is 4.84. The quantitative estimate of drug-likeness (QED) is 0.569. The highest BCUT2D eigenvalue weighted by Gasteiger charge is 2.34. The lowest BCUT2D eigenvalue weighted by Gasteiger charge is -2.16. The van der Waals surface area contributed by atoms with Gasteiger partial charge in [0.1, 0.15) is 0 Å². The van der Waals surface area contributed by atoms with E-state index in [0.29, 0.717) is 18.0 Å². The van der Waals surface area contributed by atoms with Gasteiger partial charge in [-0.2, -0.15) is 0 Å². The van der Waals surface area contributed by atoms with Crippen molar-refractivity contribution in [3.8, 4) is 0 Å². The summed E-state index contributed by atoms with van der Waals surface area (Å²) in [4.78, 5) is 7.19. The van der Waals surface area contributed by atoms with Crippen molar-refractivity contribution in [2.24, 2.45) is 10.7 Å². The zero-order valence-corrected chi connectivity index (χ0v) is 10.6. The van der Waals surface area contributed by atoms with Gasteiger partial charge < -0.3 is 11.1 Å². The van der Waals surface area contributed by atoms with Crippen molar-refractivity contribution in [3.05, 3.63) is 0 Å². The summed E-state index contributed by atoms with van der Waals surface area (Å²) in [7, 11) is 0. The number of nitrogens with one attached hydrogen (secondary N) is 1. The Kier molecular flexibility index (Phi) is 3.23. The summed E-state index contributed by atoms with van der Waals surface area (Å²) < 4.78 is 0. The van der Waals surface area contributed by atoms with Crippen LogP contribution in [0.4, 0.5) is 0 Å². The lowest BCUT2D eigenvalue weighted by molar-refractivity contribution is 0.321. The van der Waals surface area contributed by atoms with Gasteiger partial charge in [-0.25, -0.2) is 0 Å². The first-order valence-electron chi connectivity index (χ1n) is 7.15. The summed E-state index contributed by atoms with van der Waals surface area (Å²) in [5, 5.41) is 3.40. The molecule has 1 atom stereocenters. The number of hydrogen-bond donors (Lipinski definition) is 2. The third-order valence-electron chi connectivity index (χ3n) is 4.28. The van der Waals surface area contributed by atoms with Crippen LogP contribution in [0.3, 0.4) is 0 Å². The topological polar surface area (TPSA) is 53.6 Å². The Morgan fingerprint density at radius 3 is 2.59 bits per heavy atom. The molecule has 1 saturated heterocycles. The molecule has 3 fully saturated rings. The predicted molar refractivity (Wildman–Crippen MR) is 70.0 cm³/mol. The maximum Gasteiger partial charge on any atom is 0.189 e. The molecule has 0 aromatic carbocycles. The van der Waals surface area contributed by atoms with E-state index < -0.39 is 0 Å². The highest BCUT2D eigenvalue weighted by atomic mass is 15.2. The molecule has 1 heterocycles. The summed E-state index contributed by atoms with van der Waals surface area (Å²) in [6.07, 6.45) is 9.11. The first-order valence-corrected chi connectivity index (χ1v) is 7.15. The van der Waals surface area contributed by atoms with E-state index in [-0.39, 0.29) is 0 Å². The lowest BCUT2D eigenvalue weighted by atomic mass is 10.2. The van der Waals surface area contributed by atoms with Crippen molar-refractivity contribution in [2.75, 3.05) is 13.1 Å². The molecule has 1 unspecified atom stereocenters. The molecule has 17 heavy (non-hydrogen) atoms. The highest BCUT2D eigenvalue weighted by molar-refractivity contribution is 5.78. The van der Waals surface area contributed by atoms with Gasteiger partial charge in [0.25, 0.3) is 0 Å². The number of aliphatic imine (C=N–C) groups is 1. The molecule has 0 aromatic rings. The Morgan fingerprint density at radius 2 is 1.88 bits per heavy atom. The predicted octanol–water partition coefficient (Wildman–Crippen LogP) is 1.07. The maximum absolute atomic E-state index is 5.99. The minimum absolute atomic E-state index is 0.489. The van der Waals surface area contributed by atoms with E-state index in [9.17, 15) is 0 Å². The minimum Gasteiger partial charge on any atom is -0.370 e. The number of guanidine groups is 1. The average Bonchev–Trinajstić information content (AvgIpc) is 2.84. The van der Waals surface area contributed by atoms with Crippen molar-refractivity contribution in [1.29, 1.82) is 0 Å². The van der Waals surface area contributed by atoms with Gasteiger partial charge >= 0.3 is 0 Å². The summed E-state index contributed by atoms with van der Waals surface area (Å²) in [5.41, 5.74) is 5.99. The molecule has 96 valence electrons. The van der Waals surface area contributed by atoms with Gasteiger partial charge in [-0.05, 0) is 32.1 Å². The van der Waals surface area contributed by atoms with Gasteiger partial charge in [0.2, 0.25) is 0 Å². The van der Waals surface area contributed by atoms with Crippen molar-refractivity contribution in [1.82, 2.24) is 10.2 Å².